The van der Waals surface area contributed by atoms with Gasteiger partial charge in [0.2, 0.25) is 11.5 Å². The minimum absolute atomic E-state index is 0.114. The van der Waals surface area contributed by atoms with Crippen molar-refractivity contribution < 1.29 is 14.4 Å². The Balaban J connectivity index is 1.37. The minimum atomic E-state index is -1.70. The normalized spacial score (nSPS) is 18.2. The number of amides is 1. The molecule has 168 valence electrons. The second-order valence-electron chi connectivity index (χ2n) is 7.96. The highest BCUT2D eigenvalue weighted by Gasteiger charge is 2.48. The van der Waals surface area contributed by atoms with Gasteiger partial charge in [0.15, 0.2) is 5.76 Å². The molecular formula is C22H22N8O3. The lowest BCUT2D eigenvalue weighted by Crippen LogP contribution is -2.35. The van der Waals surface area contributed by atoms with Gasteiger partial charge in [0.05, 0.1) is 23.3 Å². The number of likely N-dealkylation sites (N-methyl/N-ethyl adjacent to an activating group) is 1. The molecule has 5 rings (SSSR count). The predicted molar refractivity (Wildman–Crippen MR) is 117 cm³/mol. The van der Waals surface area contributed by atoms with E-state index >= 15 is 0 Å². The van der Waals surface area contributed by atoms with Gasteiger partial charge in [-0.3, -0.25) is 9.48 Å². The number of carbonyl (C=O) groups excluding carboxylic acids is 1. The fourth-order valence-electron chi connectivity index (χ4n) is 3.72. The van der Waals surface area contributed by atoms with E-state index in [2.05, 4.69) is 30.5 Å². The zero-order valence-corrected chi connectivity index (χ0v) is 18.1. The molecule has 0 spiro atoms. The Morgan fingerprint density at radius 3 is 2.67 bits per heavy atom. The van der Waals surface area contributed by atoms with Gasteiger partial charge in [0, 0.05) is 57.6 Å². The fraction of sp³-hybridized carbons (Fsp3) is 0.273. The third-order valence-electron chi connectivity index (χ3n) is 5.57. The molecule has 4 aromatic rings. The van der Waals surface area contributed by atoms with Gasteiger partial charge in [0.1, 0.15) is 5.69 Å². The third kappa shape index (κ3) is 3.94. The van der Waals surface area contributed by atoms with Crippen LogP contribution in [0, 0.1) is 0 Å². The summed E-state index contributed by atoms with van der Waals surface area (Å²) in [4.78, 5) is 27.3. The van der Waals surface area contributed by atoms with E-state index in [1.807, 2.05) is 25.4 Å². The molecule has 11 heteroatoms. The summed E-state index contributed by atoms with van der Waals surface area (Å²) >= 11 is 0. The summed E-state index contributed by atoms with van der Waals surface area (Å²) in [5.41, 5.74) is 1.54. The van der Waals surface area contributed by atoms with Crippen molar-refractivity contribution in [1.29, 1.82) is 0 Å². The Labute approximate surface area is 189 Å². The fourth-order valence-corrected chi connectivity index (χ4v) is 3.72. The zero-order chi connectivity index (χ0) is 23.0. The van der Waals surface area contributed by atoms with Crippen LogP contribution < -0.4 is 5.32 Å². The van der Waals surface area contributed by atoms with Gasteiger partial charge in [0.25, 0.3) is 5.91 Å². The van der Waals surface area contributed by atoms with E-state index in [9.17, 15) is 9.90 Å². The number of nitrogens with zero attached hydrogens (tertiary/aromatic N) is 7. The van der Waals surface area contributed by atoms with E-state index < -0.39 is 11.5 Å². The van der Waals surface area contributed by atoms with Crippen molar-refractivity contribution in [2.24, 2.45) is 7.05 Å². The van der Waals surface area contributed by atoms with Crippen molar-refractivity contribution in [2.75, 3.05) is 18.9 Å². The average molecular weight is 446 g/mol. The van der Waals surface area contributed by atoms with Crippen molar-refractivity contribution in [3.63, 3.8) is 0 Å². The summed E-state index contributed by atoms with van der Waals surface area (Å²) in [6, 6.07) is 8.77. The second-order valence-corrected chi connectivity index (χ2v) is 7.96. The molecule has 0 bridgehead atoms. The van der Waals surface area contributed by atoms with Gasteiger partial charge < -0.3 is 19.8 Å². The molecule has 1 atom stereocenters. The van der Waals surface area contributed by atoms with Crippen LogP contribution in [0.5, 0.6) is 0 Å². The first-order chi connectivity index (χ1) is 15.9. The highest BCUT2D eigenvalue weighted by molar-refractivity contribution is 5.87. The molecule has 0 aromatic carbocycles. The van der Waals surface area contributed by atoms with Crippen molar-refractivity contribution >= 4 is 11.9 Å². The Morgan fingerprint density at radius 2 is 1.94 bits per heavy atom. The second kappa shape index (κ2) is 8.10. The largest absolute Gasteiger partial charge is 0.373 e. The van der Waals surface area contributed by atoms with Crippen molar-refractivity contribution in [1.82, 2.24) is 34.8 Å². The molecule has 33 heavy (non-hydrogen) atoms. The first-order valence-electron chi connectivity index (χ1n) is 10.4. The Kier molecular flexibility index (Phi) is 5.09. The molecule has 1 amide bonds. The number of aliphatic hydroxyl groups is 1. The summed E-state index contributed by atoms with van der Waals surface area (Å²) in [7, 11) is 3.51. The van der Waals surface area contributed by atoms with Crippen LogP contribution in [-0.2, 0) is 24.0 Å². The molecule has 0 saturated carbocycles. The number of anilines is 1. The van der Waals surface area contributed by atoms with Crippen LogP contribution in [0.25, 0.3) is 22.8 Å². The van der Waals surface area contributed by atoms with Crippen molar-refractivity contribution in [2.45, 2.75) is 18.6 Å². The first-order valence-corrected chi connectivity index (χ1v) is 10.4. The van der Waals surface area contributed by atoms with Crippen LogP contribution in [0.2, 0.25) is 0 Å². The highest BCUT2D eigenvalue weighted by Crippen LogP contribution is 2.34. The van der Waals surface area contributed by atoms with E-state index in [0.29, 0.717) is 41.8 Å². The Hall–Kier alpha value is -4.12. The number of aromatic nitrogens is 6. The summed E-state index contributed by atoms with van der Waals surface area (Å²) in [5, 5.41) is 22.1. The number of hydrogen-bond donors (Lipinski definition) is 2. The van der Waals surface area contributed by atoms with Gasteiger partial charge in [-0.1, -0.05) is 11.2 Å². The molecule has 1 fully saturated rings. The van der Waals surface area contributed by atoms with Crippen LogP contribution >= 0.6 is 0 Å². The number of nitrogens with one attached hydrogen (secondary N) is 1. The summed E-state index contributed by atoms with van der Waals surface area (Å²) in [6.07, 6.45) is 5.61. The average Bonchev–Trinajstić information content (AvgIpc) is 3.55. The van der Waals surface area contributed by atoms with E-state index in [4.69, 9.17) is 4.52 Å². The van der Waals surface area contributed by atoms with Crippen LogP contribution in [-0.4, -0.2) is 59.4 Å². The molecular weight excluding hydrogens is 424 g/mol. The lowest BCUT2D eigenvalue weighted by atomic mass is 9.98. The monoisotopic (exact) mass is 446 g/mol. The highest BCUT2D eigenvalue weighted by atomic mass is 16.5. The molecule has 5 heterocycles. The molecule has 0 aliphatic carbocycles. The number of likely N-dealkylation sites (tertiary alicyclic amines) is 1. The molecule has 1 saturated heterocycles. The van der Waals surface area contributed by atoms with E-state index in [1.54, 1.807) is 42.3 Å². The van der Waals surface area contributed by atoms with Gasteiger partial charge in [-0.25, -0.2) is 15.0 Å². The Bertz CT molecular complexity index is 1320. The number of carbonyl (C=O) groups is 1. The van der Waals surface area contributed by atoms with Gasteiger partial charge in [-0.05, 0) is 18.2 Å². The summed E-state index contributed by atoms with van der Waals surface area (Å²) in [5.74, 6) is 0.181. The smallest absolute Gasteiger partial charge is 0.262 e. The summed E-state index contributed by atoms with van der Waals surface area (Å²) in [6.45, 7) is 0.993. The molecule has 4 aromatic heterocycles. The number of rotatable bonds is 6. The molecule has 1 aliphatic heterocycles. The molecule has 11 nitrogen and oxygen atoms in total. The minimum Gasteiger partial charge on any atom is -0.373 e. The summed E-state index contributed by atoms with van der Waals surface area (Å²) < 4.78 is 7.07. The number of hydrogen-bond acceptors (Lipinski definition) is 9. The maximum Gasteiger partial charge on any atom is 0.262 e. The quantitative estimate of drug-likeness (QED) is 0.452. The molecule has 0 radical (unpaired) electrons. The van der Waals surface area contributed by atoms with Crippen LogP contribution in [0.1, 0.15) is 17.7 Å². The zero-order valence-electron chi connectivity index (χ0n) is 18.1. The predicted octanol–water partition coefficient (Wildman–Crippen LogP) is 1.59. The van der Waals surface area contributed by atoms with Crippen LogP contribution in [0.3, 0.4) is 0 Å². The van der Waals surface area contributed by atoms with Crippen molar-refractivity contribution in [3.05, 3.63) is 60.2 Å². The molecule has 0 unspecified atom stereocenters. The van der Waals surface area contributed by atoms with Crippen LogP contribution in [0.15, 0.2) is 53.4 Å². The SMILES string of the molecule is CN1CC[C@@](O)(c2cc(-c3cccc(-c4ccnc(NCc5cnn(C)c5)n4)n3)no2)C1=O. The standard InChI is InChI=1S/C22H22N8O3/c1-29-9-7-22(32,20(29)31)19-10-18(28-33-19)16-5-3-4-15(26-16)17-6-8-23-21(27-17)24-11-14-12-25-30(2)13-14/h3-6,8,10,12-13,32H,7,9,11H2,1-2H3,(H,23,24,27)/t22-/m1/s1. The first kappa shape index (κ1) is 20.8. The number of aryl methyl sites for hydroxylation is 1. The Morgan fingerprint density at radius 1 is 1.15 bits per heavy atom. The third-order valence-corrected chi connectivity index (χ3v) is 5.57. The van der Waals surface area contributed by atoms with Crippen molar-refractivity contribution in [3.8, 4) is 22.8 Å². The van der Waals surface area contributed by atoms with E-state index in [1.165, 1.54) is 4.90 Å². The lowest BCUT2D eigenvalue weighted by molar-refractivity contribution is -0.144. The van der Waals surface area contributed by atoms with E-state index in [0.717, 1.165) is 5.56 Å². The van der Waals surface area contributed by atoms with Crippen LogP contribution in [0.4, 0.5) is 5.95 Å². The van der Waals surface area contributed by atoms with Gasteiger partial charge >= 0.3 is 0 Å². The molecule has 1 aliphatic rings. The van der Waals surface area contributed by atoms with E-state index in [-0.39, 0.29) is 12.2 Å². The number of pyridine rings is 1. The lowest BCUT2D eigenvalue weighted by Gasteiger charge is -2.16. The maximum atomic E-state index is 12.3. The topological polar surface area (TPSA) is 135 Å². The van der Waals surface area contributed by atoms with Gasteiger partial charge in [-0.2, -0.15) is 5.10 Å². The van der Waals surface area contributed by atoms with Gasteiger partial charge in [-0.15, -0.1) is 0 Å². The molecule has 2 N–H and O–H groups in total. The maximum absolute atomic E-state index is 12.3.